The lowest BCUT2D eigenvalue weighted by Gasteiger charge is -2.32. The van der Waals surface area contributed by atoms with Crippen molar-refractivity contribution in [2.45, 2.75) is 130 Å². The lowest BCUT2D eigenvalue weighted by atomic mass is 9.97. The molecule has 8 unspecified atom stereocenters. The Morgan fingerprint density at radius 3 is 1.69 bits per heavy atom. The third kappa shape index (κ3) is 11.2. The minimum absolute atomic E-state index is 0.0240. The van der Waals surface area contributed by atoms with Crippen molar-refractivity contribution in [3.8, 4) is 0 Å². The molecule has 0 spiro atoms. The fourth-order valence-corrected chi connectivity index (χ4v) is 8.52. The number of benzene rings is 1. The van der Waals surface area contributed by atoms with Crippen LogP contribution in [0.2, 0.25) is 0 Å². The molecule has 1 aromatic heterocycles. The van der Waals surface area contributed by atoms with E-state index in [-0.39, 0.29) is 59.6 Å². The van der Waals surface area contributed by atoms with Crippen molar-refractivity contribution < 1.29 is 28.8 Å². The first-order chi connectivity index (χ1) is 25.9. The van der Waals surface area contributed by atoms with Crippen LogP contribution < -0.4 is 37.2 Å². The summed E-state index contributed by atoms with van der Waals surface area (Å²) in [5.41, 5.74) is 1.65. The Morgan fingerprint density at radius 1 is 0.600 bits per heavy atom. The predicted molar refractivity (Wildman–Crippen MR) is 216 cm³/mol. The standard InChI is InChI=1S/C40H62N8O6S/c1-19(2)15-27-35(50)45-31(21(5)6)38(53)47-32(22(7)8)39(54)48-33(23(9)10)40-44-29(18-55-40)36(51)46-30(20(3)4)37(52)43-28(34(49)42-27)16-24-17-41-26-14-12-11-13-25(24)26/h11-14,17,19-23,27-33,40-41,44H,15-16,18H2,1-10H3,(H,42,49)(H,43,52)(H,45,50)(H,46,51)(H,47,53)(H,48,54). The van der Waals surface area contributed by atoms with E-state index in [9.17, 15) is 28.8 Å². The van der Waals surface area contributed by atoms with Gasteiger partial charge < -0.3 is 36.9 Å². The van der Waals surface area contributed by atoms with Crippen molar-refractivity contribution in [2.24, 2.45) is 29.6 Å². The molecular formula is C40H62N8O6S. The first-order valence-electron chi connectivity index (χ1n) is 19.6. The Kier molecular flexibility index (Phi) is 15.2. The van der Waals surface area contributed by atoms with Gasteiger partial charge in [-0.25, -0.2) is 0 Å². The lowest BCUT2D eigenvalue weighted by molar-refractivity contribution is -0.136. The van der Waals surface area contributed by atoms with Gasteiger partial charge in [-0.1, -0.05) is 87.4 Å². The van der Waals surface area contributed by atoms with Gasteiger partial charge >= 0.3 is 0 Å². The third-order valence-electron chi connectivity index (χ3n) is 10.3. The molecule has 3 heterocycles. The normalized spacial score (nSPS) is 28.2. The van der Waals surface area contributed by atoms with Crippen molar-refractivity contribution in [3.63, 3.8) is 0 Å². The molecule has 8 N–H and O–H groups in total. The topological polar surface area (TPSA) is 202 Å². The molecule has 0 radical (unpaired) electrons. The lowest BCUT2D eigenvalue weighted by Crippen LogP contribution is -2.61. The molecule has 6 amide bonds. The molecule has 2 fully saturated rings. The Balaban J connectivity index is 1.76. The summed E-state index contributed by atoms with van der Waals surface area (Å²) in [6, 6.07) is 1.52. The van der Waals surface area contributed by atoms with Gasteiger partial charge in [0.2, 0.25) is 35.4 Å². The van der Waals surface area contributed by atoms with Gasteiger partial charge in [0.25, 0.3) is 0 Å². The summed E-state index contributed by atoms with van der Waals surface area (Å²) in [7, 11) is 0. The van der Waals surface area contributed by atoms with E-state index in [0.29, 0.717) is 5.75 Å². The van der Waals surface area contributed by atoms with Gasteiger partial charge in [0.15, 0.2) is 0 Å². The van der Waals surface area contributed by atoms with Gasteiger partial charge in [0, 0.05) is 29.3 Å². The van der Waals surface area contributed by atoms with Crippen LogP contribution in [-0.2, 0) is 35.2 Å². The second-order valence-electron chi connectivity index (χ2n) is 16.8. The number of nitrogens with one attached hydrogen (secondary N) is 8. The average molecular weight is 783 g/mol. The average Bonchev–Trinajstić information content (AvgIpc) is 3.76. The molecule has 8 atom stereocenters. The highest BCUT2D eigenvalue weighted by atomic mass is 32.2. The molecule has 304 valence electrons. The highest BCUT2D eigenvalue weighted by Crippen LogP contribution is 2.26. The van der Waals surface area contributed by atoms with Crippen molar-refractivity contribution in [1.82, 2.24) is 42.2 Å². The Labute approximate surface area is 329 Å². The largest absolute Gasteiger partial charge is 0.361 e. The zero-order valence-electron chi connectivity index (χ0n) is 33.9. The number of thioether (sulfide) groups is 1. The Bertz CT molecular complexity index is 1690. The maximum Gasteiger partial charge on any atom is 0.243 e. The molecule has 0 saturated carbocycles. The highest BCUT2D eigenvalue weighted by molar-refractivity contribution is 8.00. The number of rotatable bonds is 8. The molecule has 2 aromatic rings. The van der Waals surface area contributed by atoms with Crippen LogP contribution in [0.1, 0.15) is 81.2 Å². The summed E-state index contributed by atoms with van der Waals surface area (Å²) in [6.07, 6.45) is 2.15. The van der Waals surface area contributed by atoms with Gasteiger partial charge in [0.05, 0.1) is 17.5 Å². The summed E-state index contributed by atoms with van der Waals surface area (Å²) in [6.45, 7) is 18.7. The minimum atomic E-state index is -1.12. The second kappa shape index (κ2) is 19.2. The van der Waals surface area contributed by atoms with Gasteiger partial charge in [-0.15, -0.1) is 11.8 Å². The molecule has 55 heavy (non-hydrogen) atoms. The van der Waals surface area contributed by atoms with Crippen molar-refractivity contribution in [3.05, 3.63) is 36.0 Å². The van der Waals surface area contributed by atoms with Crippen LogP contribution in [0.3, 0.4) is 0 Å². The quantitative estimate of drug-likeness (QED) is 0.199. The summed E-state index contributed by atoms with van der Waals surface area (Å²) >= 11 is 1.50. The number of fused-ring (bicyclic) bond motifs is 3. The van der Waals surface area contributed by atoms with E-state index in [1.165, 1.54) is 11.8 Å². The number of H-pyrrole nitrogens is 1. The van der Waals surface area contributed by atoms with Crippen LogP contribution >= 0.6 is 11.8 Å². The van der Waals surface area contributed by atoms with E-state index in [0.717, 1.165) is 16.5 Å². The number of para-hydroxylation sites is 1. The maximum absolute atomic E-state index is 14.3. The maximum atomic E-state index is 14.3. The molecule has 2 saturated heterocycles. The van der Waals surface area contributed by atoms with E-state index in [4.69, 9.17) is 0 Å². The van der Waals surface area contributed by atoms with E-state index < -0.39 is 65.9 Å². The van der Waals surface area contributed by atoms with Gasteiger partial charge in [-0.05, 0) is 47.6 Å². The second-order valence-corrected chi connectivity index (χ2v) is 17.9. The van der Waals surface area contributed by atoms with Crippen molar-refractivity contribution in [2.75, 3.05) is 5.75 Å². The fraction of sp³-hybridized carbons (Fsp3) is 0.650. The summed E-state index contributed by atoms with van der Waals surface area (Å²) in [5.74, 6) is -3.58. The fourth-order valence-electron chi connectivity index (χ4n) is 7.02. The van der Waals surface area contributed by atoms with Crippen LogP contribution in [0.15, 0.2) is 30.5 Å². The SMILES string of the molecule is CC(C)CC1NC(=O)C(Cc2c[nH]c3ccccc23)NC(=O)C(C(C)C)NC(=O)C2CSC(N2)C(C(C)C)NC(=O)C(C(C)C)NC(=O)C(C(C)C)NC1=O. The smallest absolute Gasteiger partial charge is 0.243 e. The first-order valence-corrected chi connectivity index (χ1v) is 20.7. The molecule has 2 bridgehead atoms. The number of carbonyl (C=O) groups excluding carboxylic acids is 6. The van der Waals surface area contributed by atoms with Gasteiger partial charge in [-0.3, -0.25) is 34.1 Å². The van der Waals surface area contributed by atoms with Crippen molar-refractivity contribution >= 4 is 58.1 Å². The molecular weight excluding hydrogens is 721 g/mol. The van der Waals surface area contributed by atoms with E-state index in [2.05, 4.69) is 42.2 Å². The highest BCUT2D eigenvalue weighted by Gasteiger charge is 2.41. The zero-order valence-corrected chi connectivity index (χ0v) is 34.7. The molecule has 2 aliphatic rings. The van der Waals surface area contributed by atoms with E-state index >= 15 is 0 Å². The molecule has 0 aliphatic carbocycles. The molecule has 1 aromatic carbocycles. The van der Waals surface area contributed by atoms with Crippen molar-refractivity contribution in [1.29, 1.82) is 0 Å². The molecule has 2 aliphatic heterocycles. The number of carbonyl (C=O) groups is 6. The molecule has 4 rings (SSSR count). The number of amides is 6. The monoisotopic (exact) mass is 782 g/mol. The molecule has 15 heteroatoms. The van der Waals surface area contributed by atoms with E-state index in [1.807, 2.05) is 79.7 Å². The van der Waals surface area contributed by atoms with Crippen LogP contribution in [0, 0.1) is 29.6 Å². The summed E-state index contributed by atoms with van der Waals surface area (Å²) in [5, 5.41) is 21.5. The number of hydrogen-bond acceptors (Lipinski definition) is 8. The number of hydrogen-bond donors (Lipinski definition) is 8. The summed E-state index contributed by atoms with van der Waals surface area (Å²) in [4.78, 5) is 87.2. The number of aromatic nitrogens is 1. The van der Waals surface area contributed by atoms with Crippen LogP contribution in [0.4, 0.5) is 0 Å². The van der Waals surface area contributed by atoms with Crippen LogP contribution in [0.25, 0.3) is 10.9 Å². The van der Waals surface area contributed by atoms with Gasteiger partial charge in [0.1, 0.15) is 30.2 Å². The predicted octanol–water partition coefficient (Wildman–Crippen LogP) is 2.33. The zero-order chi connectivity index (χ0) is 40.7. The van der Waals surface area contributed by atoms with Crippen LogP contribution in [0.5, 0.6) is 0 Å². The van der Waals surface area contributed by atoms with Gasteiger partial charge in [-0.2, -0.15) is 0 Å². The minimum Gasteiger partial charge on any atom is -0.361 e. The third-order valence-corrected chi connectivity index (χ3v) is 11.6. The summed E-state index contributed by atoms with van der Waals surface area (Å²) < 4.78 is 0. The first kappa shape index (κ1) is 43.6. The van der Waals surface area contributed by atoms with Crippen LogP contribution in [-0.4, -0.2) is 93.8 Å². The molecule has 14 nitrogen and oxygen atoms in total. The Morgan fingerprint density at radius 2 is 1.11 bits per heavy atom. The number of aromatic amines is 1. The van der Waals surface area contributed by atoms with E-state index in [1.54, 1.807) is 20.0 Å². The Hall–Kier alpha value is -4.11.